The van der Waals surface area contributed by atoms with Gasteiger partial charge in [0.1, 0.15) is 12.4 Å². The summed E-state index contributed by atoms with van der Waals surface area (Å²) in [6.07, 6.45) is 0. The molecule has 0 aliphatic carbocycles. The predicted molar refractivity (Wildman–Crippen MR) is 119 cm³/mol. The van der Waals surface area contributed by atoms with E-state index in [0.717, 1.165) is 10.4 Å². The predicted octanol–water partition coefficient (Wildman–Crippen LogP) is 2.66. The minimum absolute atomic E-state index is 0.179. The first-order chi connectivity index (χ1) is 15.8. The molecule has 4 rings (SSSR count). The van der Waals surface area contributed by atoms with Gasteiger partial charge >= 0.3 is 5.97 Å². The number of aromatic amines is 1. The van der Waals surface area contributed by atoms with Crippen LogP contribution in [-0.2, 0) is 16.1 Å². The molecule has 2 heterocycles. The Kier molecular flexibility index (Phi) is 5.78. The van der Waals surface area contributed by atoms with E-state index in [2.05, 4.69) is 5.10 Å². The summed E-state index contributed by atoms with van der Waals surface area (Å²) < 4.78 is 21.0. The van der Waals surface area contributed by atoms with Crippen molar-refractivity contribution in [3.8, 4) is 5.69 Å². The van der Waals surface area contributed by atoms with Gasteiger partial charge in [-0.3, -0.25) is 24.3 Å². The van der Waals surface area contributed by atoms with Gasteiger partial charge in [-0.15, -0.1) is 0 Å². The van der Waals surface area contributed by atoms with Crippen molar-refractivity contribution in [2.24, 2.45) is 0 Å². The van der Waals surface area contributed by atoms with Gasteiger partial charge in [-0.25, -0.2) is 9.07 Å². The molecule has 4 aromatic rings. The van der Waals surface area contributed by atoms with Crippen molar-refractivity contribution in [3.05, 3.63) is 98.1 Å². The fourth-order valence-electron chi connectivity index (χ4n) is 3.79. The summed E-state index contributed by atoms with van der Waals surface area (Å²) in [6.45, 7) is 2.48. The molecule has 0 radical (unpaired) electrons. The summed E-state index contributed by atoms with van der Waals surface area (Å²) in [5.41, 5.74) is 1.38. The summed E-state index contributed by atoms with van der Waals surface area (Å²) >= 11 is 0. The number of esters is 1. The number of Topliss-reactive ketones (excluding diaryl/α,β-unsaturated/α-hetero) is 1. The van der Waals surface area contributed by atoms with Gasteiger partial charge in [0.2, 0.25) is 5.78 Å². The molecule has 0 aliphatic rings. The molecule has 0 fully saturated rings. The van der Waals surface area contributed by atoms with E-state index in [9.17, 15) is 23.6 Å². The minimum atomic E-state index is -0.844. The number of nitrogens with zero attached hydrogens (tertiary/aromatic N) is 2. The summed E-state index contributed by atoms with van der Waals surface area (Å²) in [7, 11) is 0. The molecule has 9 heteroatoms. The van der Waals surface area contributed by atoms with Crippen molar-refractivity contribution in [2.75, 3.05) is 6.61 Å². The number of fused-ring (bicyclic) bond motifs is 1. The Bertz CT molecular complexity index is 1500. The lowest BCUT2D eigenvalue weighted by Gasteiger charge is -2.10. The number of ether oxygens (including phenoxy) is 1. The van der Waals surface area contributed by atoms with E-state index in [4.69, 9.17) is 4.74 Å². The fourth-order valence-corrected chi connectivity index (χ4v) is 3.79. The lowest BCUT2D eigenvalue weighted by Crippen LogP contribution is -2.33. The molecule has 168 valence electrons. The van der Waals surface area contributed by atoms with Gasteiger partial charge in [0.15, 0.2) is 6.61 Å². The first kappa shape index (κ1) is 21.9. The van der Waals surface area contributed by atoms with E-state index in [0.29, 0.717) is 16.9 Å². The molecule has 0 saturated carbocycles. The third-order valence-electron chi connectivity index (χ3n) is 5.35. The molecule has 0 atom stereocenters. The highest BCUT2D eigenvalue weighted by Gasteiger charge is 2.19. The quantitative estimate of drug-likeness (QED) is 0.360. The highest BCUT2D eigenvalue weighted by molar-refractivity contribution is 5.99. The summed E-state index contributed by atoms with van der Waals surface area (Å²) in [5, 5.41) is 2.74. The summed E-state index contributed by atoms with van der Waals surface area (Å²) in [5.74, 6) is -1.64. The highest BCUT2D eigenvalue weighted by atomic mass is 19.1. The fraction of sp³-hybridized carbons (Fsp3) is 0.167. The Morgan fingerprint density at radius 3 is 2.36 bits per heavy atom. The molecule has 0 unspecified atom stereocenters. The summed E-state index contributed by atoms with van der Waals surface area (Å²) in [4.78, 5) is 49.6. The van der Waals surface area contributed by atoms with E-state index in [1.54, 1.807) is 41.8 Å². The first-order valence-electron chi connectivity index (χ1n) is 10.1. The Labute approximate surface area is 186 Å². The number of carbonyl (C=O) groups is 2. The molecule has 2 aromatic carbocycles. The molecule has 8 nitrogen and oxygen atoms in total. The average Bonchev–Trinajstić information content (AvgIpc) is 3.10. The van der Waals surface area contributed by atoms with Crippen LogP contribution in [0.2, 0.25) is 0 Å². The zero-order valence-corrected chi connectivity index (χ0v) is 17.9. The molecular formula is C24H20FN3O5. The smallest absolute Gasteiger partial charge is 0.328 e. The molecule has 0 bridgehead atoms. The summed E-state index contributed by atoms with van der Waals surface area (Å²) in [6, 6.07) is 13.8. The molecule has 0 amide bonds. The number of rotatable bonds is 6. The lowest BCUT2D eigenvalue weighted by atomic mass is 10.1. The van der Waals surface area contributed by atoms with Gasteiger partial charge in [-0.2, -0.15) is 0 Å². The van der Waals surface area contributed by atoms with E-state index in [-0.39, 0.29) is 16.6 Å². The largest absolute Gasteiger partial charge is 0.456 e. The van der Waals surface area contributed by atoms with Crippen LogP contribution >= 0.6 is 0 Å². The van der Waals surface area contributed by atoms with Gasteiger partial charge in [-0.1, -0.05) is 12.1 Å². The molecule has 0 aliphatic heterocycles. The topological polar surface area (TPSA) is 103 Å². The average molecular weight is 449 g/mol. The zero-order valence-electron chi connectivity index (χ0n) is 17.9. The van der Waals surface area contributed by atoms with Crippen LogP contribution < -0.4 is 11.1 Å². The van der Waals surface area contributed by atoms with Gasteiger partial charge in [-0.05, 0) is 56.3 Å². The van der Waals surface area contributed by atoms with Crippen molar-refractivity contribution >= 4 is 22.5 Å². The normalized spacial score (nSPS) is 11.0. The standard InChI is InChI=1S/C24H20FN3O5/c1-14-11-20(15(2)28(14)17-9-7-16(25)8-10-17)21(29)13-33-22(30)12-27-24(32)19-6-4-3-5-18(19)23(31)26-27/h3-11H,12-13H2,1-2H3,(H,26,31). The Morgan fingerprint density at radius 1 is 1.00 bits per heavy atom. The van der Waals surface area contributed by atoms with Gasteiger partial charge in [0.25, 0.3) is 11.1 Å². The van der Waals surface area contributed by atoms with Crippen molar-refractivity contribution in [1.82, 2.24) is 14.3 Å². The SMILES string of the molecule is Cc1cc(C(=O)COC(=O)Cn2[nH]c(=O)c3ccccc3c2=O)c(C)n1-c1ccc(F)cc1. The van der Waals surface area contributed by atoms with Crippen LogP contribution in [0.1, 0.15) is 21.7 Å². The molecule has 0 saturated heterocycles. The third kappa shape index (κ3) is 4.25. The third-order valence-corrected chi connectivity index (χ3v) is 5.35. The number of carbonyl (C=O) groups excluding carboxylic acids is 2. The van der Waals surface area contributed by atoms with Crippen LogP contribution in [0.3, 0.4) is 0 Å². The van der Waals surface area contributed by atoms with E-state index in [1.807, 2.05) is 6.92 Å². The molecule has 1 N–H and O–H groups in total. The van der Waals surface area contributed by atoms with Crippen LogP contribution in [-0.4, -0.2) is 32.7 Å². The monoisotopic (exact) mass is 449 g/mol. The second kappa shape index (κ2) is 8.70. The number of hydrogen-bond donors (Lipinski definition) is 1. The maximum Gasteiger partial charge on any atom is 0.328 e. The van der Waals surface area contributed by atoms with E-state index >= 15 is 0 Å². The molecule has 0 spiro atoms. The second-order valence-corrected chi connectivity index (χ2v) is 7.56. The number of nitrogens with one attached hydrogen (secondary N) is 1. The highest BCUT2D eigenvalue weighted by Crippen LogP contribution is 2.21. The zero-order chi connectivity index (χ0) is 23.7. The van der Waals surface area contributed by atoms with E-state index < -0.39 is 36.0 Å². The first-order valence-corrected chi connectivity index (χ1v) is 10.1. The number of benzene rings is 2. The Hall–Kier alpha value is -4.27. The maximum atomic E-state index is 13.2. The van der Waals surface area contributed by atoms with Gasteiger partial charge in [0, 0.05) is 22.6 Å². The number of hydrogen-bond acceptors (Lipinski definition) is 5. The minimum Gasteiger partial charge on any atom is -0.456 e. The maximum absolute atomic E-state index is 13.2. The molecule has 2 aromatic heterocycles. The van der Waals surface area contributed by atoms with Crippen LogP contribution in [0, 0.1) is 19.7 Å². The molecular weight excluding hydrogens is 429 g/mol. The number of halogens is 1. The second-order valence-electron chi connectivity index (χ2n) is 7.56. The number of H-pyrrole nitrogens is 1. The van der Waals surface area contributed by atoms with Crippen molar-refractivity contribution in [3.63, 3.8) is 0 Å². The van der Waals surface area contributed by atoms with Crippen LogP contribution in [0.5, 0.6) is 0 Å². The van der Waals surface area contributed by atoms with Crippen molar-refractivity contribution in [1.29, 1.82) is 0 Å². The number of aromatic nitrogens is 3. The van der Waals surface area contributed by atoms with Crippen molar-refractivity contribution in [2.45, 2.75) is 20.4 Å². The van der Waals surface area contributed by atoms with Crippen LogP contribution in [0.4, 0.5) is 4.39 Å². The van der Waals surface area contributed by atoms with Crippen molar-refractivity contribution < 1.29 is 18.7 Å². The van der Waals surface area contributed by atoms with Gasteiger partial charge < -0.3 is 9.30 Å². The van der Waals surface area contributed by atoms with E-state index in [1.165, 1.54) is 24.3 Å². The van der Waals surface area contributed by atoms with Crippen LogP contribution in [0.15, 0.2) is 64.2 Å². The molecule has 33 heavy (non-hydrogen) atoms. The van der Waals surface area contributed by atoms with Gasteiger partial charge in [0.05, 0.1) is 10.8 Å². The lowest BCUT2D eigenvalue weighted by molar-refractivity contribution is -0.143. The number of ketones is 1. The Morgan fingerprint density at radius 2 is 1.67 bits per heavy atom. The Balaban J connectivity index is 1.48. The van der Waals surface area contributed by atoms with Crippen LogP contribution in [0.25, 0.3) is 16.5 Å². The number of aryl methyl sites for hydroxylation is 1.